The number of H-pyrrole nitrogens is 1. The summed E-state index contributed by atoms with van der Waals surface area (Å²) in [5.41, 5.74) is -5.34. The van der Waals surface area contributed by atoms with E-state index in [0.29, 0.717) is 0 Å². The van der Waals surface area contributed by atoms with Gasteiger partial charge in [0.05, 0.1) is 6.10 Å². The number of hydrogen-bond acceptors (Lipinski definition) is 6. The molecule has 3 rings (SSSR count). The summed E-state index contributed by atoms with van der Waals surface area (Å²) in [6.45, 7) is 5.12. The van der Waals surface area contributed by atoms with Crippen LogP contribution in [0.5, 0.6) is 0 Å². The molecule has 1 aliphatic heterocycles. The highest BCUT2D eigenvalue weighted by molar-refractivity contribution is 5.39. The van der Waals surface area contributed by atoms with Crippen LogP contribution in [0.4, 0.5) is 0 Å². The van der Waals surface area contributed by atoms with Crippen LogP contribution in [-0.2, 0) is 9.47 Å². The van der Waals surface area contributed by atoms with Gasteiger partial charge in [0, 0.05) is 24.8 Å². The molecule has 0 spiro atoms. The van der Waals surface area contributed by atoms with Crippen LogP contribution < -0.4 is 11.2 Å². The molecule has 1 saturated heterocycles. The number of rotatable bonds is 3. The molecule has 2 aliphatic rings. The summed E-state index contributed by atoms with van der Waals surface area (Å²) in [5, 5.41) is 21.9. The van der Waals surface area contributed by atoms with Gasteiger partial charge in [0.15, 0.2) is 6.23 Å². The second-order valence-corrected chi connectivity index (χ2v) is 6.53. The molecule has 1 aliphatic carbocycles. The predicted octanol–water partition coefficient (Wildman–Crippen LogP) is -1.03. The first-order chi connectivity index (χ1) is 10.1. The van der Waals surface area contributed by atoms with Crippen molar-refractivity contribution < 1.29 is 19.7 Å². The van der Waals surface area contributed by atoms with Gasteiger partial charge < -0.3 is 19.7 Å². The minimum Gasteiger partial charge on any atom is -0.383 e. The van der Waals surface area contributed by atoms with E-state index in [1.165, 1.54) is 13.3 Å². The van der Waals surface area contributed by atoms with Gasteiger partial charge in [-0.3, -0.25) is 14.3 Å². The lowest BCUT2D eigenvalue weighted by Crippen LogP contribution is -2.42. The highest BCUT2D eigenvalue weighted by atomic mass is 16.6. The van der Waals surface area contributed by atoms with Crippen LogP contribution in [0.25, 0.3) is 0 Å². The average Bonchev–Trinajstić information content (AvgIpc) is 2.68. The number of aliphatic hydroxyl groups is 2. The number of hydrogen-bond donors (Lipinski definition) is 3. The number of ether oxygens (including phenoxy) is 2. The highest BCUT2D eigenvalue weighted by Gasteiger charge is 2.93. The monoisotopic (exact) mass is 312 g/mol. The molecule has 22 heavy (non-hydrogen) atoms. The molecule has 3 N–H and O–H groups in total. The summed E-state index contributed by atoms with van der Waals surface area (Å²) in [4.78, 5) is 25.3. The number of nitrogens with zero attached hydrogens (tertiary/aromatic N) is 1. The van der Waals surface area contributed by atoms with Gasteiger partial charge in [-0.2, -0.15) is 0 Å². The first-order valence-electron chi connectivity index (χ1n) is 7.07. The molecule has 2 heterocycles. The van der Waals surface area contributed by atoms with Gasteiger partial charge in [-0.1, -0.05) is 13.8 Å². The van der Waals surface area contributed by atoms with Crippen LogP contribution >= 0.6 is 0 Å². The maximum atomic E-state index is 12.0. The van der Waals surface area contributed by atoms with Gasteiger partial charge >= 0.3 is 5.69 Å². The van der Waals surface area contributed by atoms with Crippen molar-refractivity contribution >= 4 is 0 Å². The summed E-state index contributed by atoms with van der Waals surface area (Å²) >= 11 is 0. The highest BCUT2D eigenvalue weighted by Crippen LogP contribution is 2.75. The first kappa shape index (κ1) is 15.4. The fourth-order valence-electron chi connectivity index (χ4n) is 3.75. The molecule has 1 unspecified atom stereocenters. The fourth-order valence-corrected chi connectivity index (χ4v) is 3.75. The van der Waals surface area contributed by atoms with Gasteiger partial charge in [0.25, 0.3) is 5.56 Å². The number of methoxy groups -OCH3 is 1. The SMILES string of the molecule is COC(C)[C@H]1O[C@@H](n2ccc(=O)[nH]c2=O)[C@@]2(O)C(C)(C)[C@@]12O. The molecule has 8 nitrogen and oxygen atoms in total. The molecule has 0 bridgehead atoms. The number of nitrogens with one attached hydrogen (secondary N) is 1. The normalized spacial score (nSPS) is 40.3. The second kappa shape index (κ2) is 4.29. The Labute approximate surface area is 126 Å². The largest absolute Gasteiger partial charge is 0.383 e. The molecule has 1 aromatic heterocycles. The molecule has 1 saturated carbocycles. The van der Waals surface area contributed by atoms with E-state index in [9.17, 15) is 19.8 Å². The number of aromatic nitrogens is 2. The zero-order chi connectivity index (χ0) is 16.5. The fraction of sp³-hybridized carbons (Fsp3) is 0.714. The summed E-state index contributed by atoms with van der Waals surface area (Å²) in [7, 11) is 1.48. The van der Waals surface area contributed by atoms with Crippen molar-refractivity contribution in [2.24, 2.45) is 5.41 Å². The van der Waals surface area contributed by atoms with Crippen molar-refractivity contribution in [2.75, 3.05) is 7.11 Å². The first-order valence-corrected chi connectivity index (χ1v) is 7.07. The Hall–Kier alpha value is -1.48. The van der Waals surface area contributed by atoms with Crippen molar-refractivity contribution in [1.82, 2.24) is 9.55 Å². The zero-order valence-electron chi connectivity index (χ0n) is 12.9. The summed E-state index contributed by atoms with van der Waals surface area (Å²) < 4.78 is 12.1. The predicted molar refractivity (Wildman–Crippen MR) is 75.4 cm³/mol. The van der Waals surface area contributed by atoms with Crippen LogP contribution in [-0.4, -0.2) is 50.3 Å². The minimum absolute atomic E-state index is 0.484. The van der Waals surface area contributed by atoms with Crippen molar-refractivity contribution in [3.63, 3.8) is 0 Å². The summed E-state index contributed by atoms with van der Waals surface area (Å²) in [6, 6.07) is 1.16. The van der Waals surface area contributed by atoms with Crippen molar-refractivity contribution in [3.05, 3.63) is 33.1 Å². The third kappa shape index (κ3) is 1.45. The Morgan fingerprint density at radius 2 is 2.00 bits per heavy atom. The van der Waals surface area contributed by atoms with Gasteiger partial charge in [-0.15, -0.1) is 0 Å². The van der Waals surface area contributed by atoms with Gasteiger partial charge in [-0.25, -0.2) is 4.79 Å². The molecular weight excluding hydrogens is 292 g/mol. The van der Waals surface area contributed by atoms with Crippen molar-refractivity contribution in [2.45, 2.75) is 50.4 Å². The zero-order valence-corrected chi connectivity index (χ0v) is 12.9. The minimum atomic E-state index is -1.65. The van der Waals surface area contributed by atoms with E-state index in [0.717, 1.165) is 10.6 Å². The Morgan fingerprint density at radius 3 is 2.55 bits per heavy atom. The second-order valence-electron chi connectivity index (χ2n) is 6.53. The standard InChI is InChI=1S/C14H20N2O6/c1-7(21-4)9-13(19)12(2,3)14(13,20)10(22-9)16-6-5-8(17)15-11(16)18/h5-7,9-10,19-20H,1-4H3,(H,15,17,18)/t7?,9-,10-,13+,14-/m1/s1. The van der Waals surface area contributed by atoms with E-state index in [-0.39, 0.29) is 0 Å². The maximum absolute atomic E-state index is 12.0. The average molecular weight is 312 g/mol. The van der Waals surface area contributed by atoms with Crippen LogP contribution in [0.3, 0.4) is 0 Å². The van der Waals surface area contributed by atoms with E-state index in [4.69, 9.17) is 9.47 Å². The van der Waals surface area contributed by atoms with Crippen LogP contribution in [0.2, 0.25) is 0 Å². The molecular formula is C14H20N2O6. The van der Waals surface area contributed by atoms with Gasteiger partial charge in [0.2, 0.25) is 0 Å². The maximum Gasteiger partial charge on any atom is 0.330 e. The third-order valence-electron chi connectivity index (χ3n) is 5.37. The lowest BCUT2D eigenvalue weighted by atomic mass is 9.98. The lowest BCUT2D eigenvalue weighted by molar-refractivity contribution is -0.150. The Morgan fingerprint density at radius 1 is 1.36 bits per heavy atom. The van der Waals surface area contributed by atoms with Crippen LogP contribution in [0.15, 0.2) is 21.9 Å². The molecule has 5 atom stereocenters. The quantitative estimate of drug-likeness (QED) is 0.658. The third-order valence-corrected chi connectivity index (χ3v) is 5.37. The Kier molecular flexibility index (Phi) is 3.00. The van der Waals surface area contributed by atoms with E-state index in [1.807, 2.05) is 0 Å². The van der Waals surface area contributed by atoms with Crippen molar-refractivity contribution in [3.8, 4) is 0 Å². The Bertz CT molecular complexity index is 725. The van der Waals surface area contributed by atoms with E-state index in [2.05, 4.69) is 4.98 Å². The molecule has 0 amide bonds. The van der Waals surface area contributed by atoms with E-state index >= 15 is 0 Å². The number of aromatic amines is 1. The molecule has 8 heteroatoms. The lowest BCUT2D eigenvalue weighted by Gasteiger charge is -2.30. The number of fused-ring (bicyclic) bond motifs is 1. The molecule has 0 aromatic carbocycles. The van der Waals surface area contributed by atoms with Gasteiger partial charge in [-0.05, 0) is 6.92 Å². The van der Waals surface area contributed by atoms with E-state index < -0.39 is 46.3 Å². The van der Waals surface area contributed by atoms with Crippen LogP contribution in [0.1, 0.15) is 27.0 Å². The Balaban J connectivity index is 2.11. The molecule has 1 aromatic rings. The van der Waals surface area contributed by atoms with E-state index in [1.54, 1.807) is 20.8 Å². The topological polar surface area (TPSA) is 114 Å². The molecule has 0 radical (unpaired) electrons. The van der Waals surface area contributed by atoms with Gasteiger partial charge in [0.1, 0.15) is 17.3 Å². The summed E-state index contributed by atoms with van der Waals surface area (Å²) in [5.74, 6) is 0. The van der Waals surface area contributed by atoms with Crippen molar-refractivity contribution in [1.29, 1.82) is 0 Å². The molecule has 122 valence electrons. The van der Waals surface area contributed by atoms with Crippen LogP contribution in [0, 0.1) is 5.41 Å². The summed E-state index contributed by atoms with van der Waals surface area (Å²) in [6.07, 6.45) is -1.15. The molecule has 2 fully saturated rings. The smallest absolute Gasteiger partial charge is 0.330 e.